The molecule has 0 bridgehead atoms. The van der Waals surface area contributed by atoms with Crippen molar-refractivity contribution in [1.82, 2.24) is 10.1 Å². The molecule has 2 N–H and O–H groups in total. The van der Waals surface area contributed by atoms with Crippen molar-refractivity contribution in [3.05, 3.63) is 0 Å². The number of hydrogen-bond acceptors (Lipinski definition) is 4. The van der Waals surface area contributed by atoms with Gasteiger partial charge in [0.15, 0.2) is 6.23 Å². The Balaban J connectivity index is 2.59. The first-order valence-corrected chi connectivity index (χ1v) is 3.18. The molecule has 64 valence electrons. The van der Waals surface area contributed by atoms with Crippen molar-refractivity contribution >= 4 is 6.03 Å². The van der Waals surface area contributed by atoms with E-state index in [0.29, 0.717) is 0 Å². The van der Waals surface area contributed by atoms with E-state index >= 15 is 0 Å². The van der Waals surface area contributed by atoms with Gasteiger partial charge in [-0.1, -0.05) is 0 Å². The fourth-order valence-electron chi connectivity index (χ4n) is 0.862. The lowest BCUT2D eigenvalue weighted by atomic mass is 10.3. The quantitative estimate of drug-likeness (QED) is 0.504. The Kier molecular flexibility index (Phi) is 2.28. The normalized spacial score (nSPS) is 26.1. The number of hydroxylamine groups is 4. The van der Waals surface area contributed by atoms with Crippen molar-refractivity contribution in [2.24, 2.45) is 0 Å². The Morgan fingerprint density at radius 3 is 2.91 bits per heavy atom. The van der Waals surface area contributed by atoms with E-state index in [1.54, 1.807) is 0 Å². The summed E-state index contributed by atoms with van der Waals surface area (Å²) in [6, 6.07) is -0.744. The van der Waals surface area contributed by atoms with Crippen LogP contribution < -0.4 is 0 Å². The smallest absolute Gasteiger partial charge is 0.370 e. The summed E-state index contributed by atoms with van der Waals surface area (Å²) in [5, 5.41) is 19.0. The number of nitrogens with zero attached hydrogens (tertiary/aromatic N) is 2. The molecule has 1 aliphatic rings. The molecule has 0 spiro atoms. The van der Waals surface area contributed by atoms with Crippen LogP contribution in [0.4, 0.5) is 4.79 Å². The number of amides is 2. The van der Waals surface area contributed by atoms with Crippen molar-refractivity contribution in [3.8, 4) is 0 Å². The predicted octanol–water partition coefficient (Wildman–Crippen LogP) is -0.617. The van der Waals surface area contributed by atoms with Crippen molar-refractivity contribution in [1.29, 1.82) is 0 Å². The van der Waals surface area contributed by atoms with Gasteiger partial charge in [0.1, 0.15) is 0 Å². The number of carbonyl (C=O) groups excluding carboxylic acids is 1. The van der Waals surface area contributed by atoms with Crippen LogP contribution >= 0.6 is 0 Å². The van der Waals surface area contributed by atoms with Crippen LogP contribution in [0.25, 0.3) is 0 Å². The van der Waals surface area contributed by atoms with Gasteiger partial charge in [-0.05, 0) is 0 Å². The van der Waals surface area contributed by atoms with Crippen LogP contribution in [0.15, 0.2) is 0 Å². The Hall–Kier alpha value is -0.850. The van der Waals surface area contributed by atoms with Crippen molar-refractivity contribution in [3.63, 3.8) is 0 Å². The second-order valence-corrected chi connectivity index (χ2v) is 2.18. The van der Waals surface area contributed by atoms with E-state index in [4.69, 9.17) is 10.3 Å². The van der Waals surface area contributed by atoms with Gasteiger partial charge in [0.25, 0.3) is 0 Å². The molecule has 1 fully saturated rings. The molecule has 6 nitrogen and oxygen atoms in total. The molecule has 0 saturated carbocycles. The minimum atomic E-state index is -1.12. The summed E-state index contributed by atoms with van der Waals surface area (Å²) in [6.07, 6.45) is -0.843. The molecule has 0 radical (unpaired) electrons. The molecular weight excluding hydrogens is 152 g/mol. The molecule has 1 saturated heterocycles. The Morgan fingerprint density at radius 2 is 2.36 bits per heavy atom. The summed E-state index contributed by atoms with van der Waals surface area (Å²) >= 11 is 0. The van der Waals surface area contributed by atoms with Gasteiger partial charge in [-0.2, -0.15) is 5.06 Å². The van der Waals surface area contributed by atoms with E-state index in [9.17, 15) is 4.79 Å². The highest BCUT2D eigenvalue weighted by atomic mass is 16.7. The first-order valence-electron chi connectivity index (χ1n) is 3.18. The first-order chi connectivity index (χ1) is 5.16. The number of rotatable bonds is 1. The van der Waals surface area contributed by atoms with Gasteiger partial charge in [0.2, 0.25) is 0 Å². The average molecular weight is 162 g/mol. The molecule has 0 aromatic heterocycles. The van der Waals surface area contributed by atoms with Crippen LogP contribution in [0, 0.1) is 0 Å². The predicted molar refractivity (Wildman–Crippen MR) is 33.4 cm³/mol. The number of aliphatic hydroxyl groups excluding tert-OH is 1. The lowest BCUT2D eigenvalue weighted by molar-refractivity contribution is -0.221. The fraction of sp³-hybridized carbons (Fsp3) is 0.800. The lowest BCUT2D eigenvalue weighted by Crippen LogP contribution is -2.52. The van der Waals surface area contributed by atoms with Crippen LogP contribution in [0.1, 0.15) is 6.42 Å². The molecule has 0 aromatic rings. The number of hydrogen-bond donors (Lipinski definition) is 2. The van der Waals surface area contributed by atoms with Crippen LogP contribution in [0.5, 0.6) is 0 Å². The molecule has 1 unspecified atom stereocenters. The fourth-order valence-corrected chi connectivity index (χ4v) is 0.862. The van der Waals surface area contributed by atoms with Gasteiger partial charge in [0, 0.05) is 6.42 Å². The molecule has 11 heavy (non-hydrogen) atoms. The van der Waals surface area contributed by atoms with Crippen LogP contribution in [0.3, 0.4) is 0 Å². The monoisotopic (exact) mass is 162 g/mol. The lowest BCUT2D eigenvalue weighted by Gasteiger charge is -2.32. The highest BCUT2D eigenvalue weighted by Crippen LogP contribution is 2.11. The zero-order valence-electron chi connectivity index (χ0n) is 6.10. The third kappa shape index (κ3) is 1.42. The van der Waals surface area contributed by atoms with Gasteiger partial charge in [-0.3, -0.25) is 10.0 Å². The molecule has 1 heterocycles. The number of urea groups is 1. The summed E-state index contributed by atoms with van der Waals surface area (Å²) in [7, 11) is 1.32. The van der Waals surface area contributed by atoms with Gasteiger partial charge >= 0.3 is 6.03 Å². The summed E-state index contributed by atoms with van der Waals surface area (Å²) in [5.74, 6) is 0. The average Bonchev–Trinajstić information content (AvgIpc) is 2.01. The first kappa shape index (κ1) is 8.25. The Labute approximate surface area is 63.5 Å². The topological polar surface area (TPSA) is 73.2 Å². The molecule has 1 rings (SSSR count). The van der Waals surface area contributed by atoms with E-state index in [1.165, 1.54) is 7.11 Å². The van der Waals surface area contributed by atoms with E-state index in [-0.39, 0.29) is 18.0 Å². The van der Waals surface area contributed by atoms with Crippen LogP contribution in [-0.2, 0) is 4.84 Å². The zero-order chi connectivity index (χ0) is 8.43. The second kappa shape index (κ2) is 3.04. The highest BCUT2D eigenvalue weighted by Gasteiger charge is 2.31. The van der Waals surface area contributed by atoms with Crippen molar-refractivity contribution in [2.75, 3.05) is 13.7 Å². The molecule has 1 aliphatic heterocycles. The minimum absolute atomic E-state index is 0.243. The van der Waals surface area contributed by atoms with E-state index in [2.05, 4.69) is 4.84 Å². The minimum Gasteiger partial charge on any atom is -0.371 e. The molecule has 0 aromatic carbocycles. The third-order valence-corrected chi connectivity index (χ3v) is 1.50. The Bertz CT molecular complexity index is 159. The maximum Gasteiger partial charge on any atom is 0.370 e. The Morgan fingerprint density at radius 1 is 1.73 bits per heavy atom. The maximum atomic E-state index is 10.9. The van der Waals surface area contributed by atoms with Crippen LogP contribution in [0.2, 0.25) is 0 Å². The van der Waals surface area contributed by atoms with Crippen molar-refractivity contribution in [2.45, 2.75) is 12.6 Å². The summed E-state index contributed by atoms with van der Waals surface area (Å²) in [6.45, 7) is 0.285. The standard InChI is InChI=1S/C5H10N2O4/c1-11-6-3-2-4(8)7(10)5(6)9/h4,8,10H,2-3H2,1H3. The zero-order valence-corrected chi connectivity index (χ0v) is 6.10. The molecular formula is C5H10N2O4. The van der Waals surface area contributed by atoms with E-state index < -0.39 is 12.3 Å². The second-order valence-electron chi connectivity index (χ2n) is 2.18. The summed E-state index contributed by atoms with van der Waals surface area (Å²) in [5.41, 5.74) is 0. The molecule has 0 aliphatic carbocycles. The van der Waals surface area contributed by atoms with Gasteiger partial charge < -0.3 is 5.11 Å². The molecule has 2 amide bonds. The van der Waals surface area contributed by atoms with E-state index in [1.807, 2.05) is 0 Å². The number of carbonyl (C=O) groups is 1. The largest absolute Gasteiger partial charge is 0.371 e. The SMILES string of the molecule is CON1CCC(O)N(O)C1=O. The highest BCUT2D eigenvalue weighted by molar-refractivity contribution is 5.72. The van der Waals surface area contributed by atoms with Gasteiger partial charge in [-0.15, -0.1) is 0 Å². The molecule has 1 atom stereocenters. The molecule has 6 heteroatoms. The van der Waals surface area contributed by atoms with E-state index in [0.717, 1.165) is 5.06 Å². The number of aliphatic hydroxyl groups is 1. The van der Waals surface area contributed by atoms with Gasteiger partial charge in [0.05, 0.1) is 13.7 Å². The summed E-state index contributed by atoms with van der Waals surface area (Å²) in [4.78, 5) is 15.5. The summed E-state index contributed by atoms with van der Waals surface area (Å²) < 4.78 is 0. The maximum absolute atomic E-state index is 10.9. The van der Waals surface area contributed by atoms with Crippen LogP contribution in [-0.4, -0.2) is 46.4 Å². The third-order valence-electron chi connectivity index (χ3n) is 1.50. The van der Waals surface area contributed by atoms with Gasteiger partial charge in [-0.25, -0.2) is 9.86 Å². The van der Waals surface area contributed by atoms with Crippen molar-refractivity contribution < 1.29 is 19.9 Å².